The molecule has 8 heteroatoms. The van der Waals surface area contributed by atoms with Crippen LogP contribution in [0.1, 0.15) is 23.0 Å². The molecule has 0 bridgehead atoms. The maximum atomic E-state index is 13.2. The number of piperazine rings is 1. The first-order valence-corrected chi connectivity index (χ1v) is 11.2. The van der Waals surface area contributed by atoms with Gasteiger partial charge < -0.3 is 15.2 Å². The van der Waals surface area contributed by atoms with Crippen LogP contribution in [0.2, 0.25) is 0 Å². The molecule has 1 aliphatic heterocycles. The molecule has 1 aromatic heterocycles. The third-order valence-electron chi connectivity index (χ3n) is 5.71. The number of nitrogens with zero attached hydrogens (tertiary/aromatic N) is 3. The molecule has 7 nitrogen and oxygen atoms in total. The standard InChI is InChI=1S/C24H27N5O2S/c1-2-18-8-6-7-11-20(18)26-22(30)17-27-12-14-28(15-13-27)23(31)21-16-25-24(32)29(21)19-9-4-3-5-10-19/h3-11,16H,2,12-15,17H2,1H3,(H,25,32)(H,26,30). The van der Waals surface area contributed by atoms with Crippen molar-refractivity contribution in [3.8, 4) is 5.69 Å². The molecule has 0 radical (unpaired) electrons. The zero-order valence-electron chi connectivity index (χ0n) is 18.1. The quantitative estimate of drug-likeness (QED) is 0.565. The van der Waals surface area contributed by atoms with Crippen LogP contribution >= 0.6 is 12.2 Å². The Bertz CT molecular complexity index is 1150. The van der Waals surface area contributed by atoms with Crippen molar-refractivity contribution in [3.63, 3.8) is 0 Å². The third-order valence-corrected chi connectivity index (χ3v) is 6.01. The molecule has 0 saturated carbocycles. The summed E-state index contributed by atoms with van der Waals surface area (Å²) in [6, 6.07) is 17.5. The SMILES string of the molecule is CCc1ccccc1NC(=O)CN1CCN(C(=O)c2c[nH]c(=S)n2-c2ccccc2)CC1. The number of aromatic nitrogens is 2. The van der Waals surface area contributed by atoms with Crippen molar-refractivity contribution < 1.29 is 9.59 Å². The summed E-state index contributed by atoms with van der Waals surface area (Å²) in [7, 11) is 0. The van der Waals surface area contributed by atoms with Gasteiger partial charge in [0, 0.05) is 43.8 Å². The van der Waals surface area contributed by atoms with Crippen molar-refractivity contribution in [3.05, 3.63) is 76.8 Å². The molecule has 2 N–H and O–H groups in total. The number of aryl methyl sites for hydroxylation is 1. The fourth-order valence-electron chi connectivity index (χ4n) is 3.97. The first-order chi connectivity index (χ1) is 15.6. The number of nitrogens with one attached hydrogen (secondary N) is 2. The van der Waals surface area contributed by atoms with E-state index in [-0.39, 0.29) is 11.8 Å². The smallest absolute Gasteiger partial charge is 0.272 e. The Morgan fingerprint density at radius 3 is 2.41 bits per heavy atom. The van der Waals surface area contributed by atoms with Crippen LogP contribution in [-0.2, 0) is 11.2 Å². The van der Waals surface area contributed by atoms with E-state index in [0.29, 0.717) is 43.2 Å². The van der Waals surface area contributed by atoms with Crippen molar-refractivity contribution in [1.82, 2.24) is 19.4 Å². The monoisotopic (exact) mass is 449 g/mol. The van der Waals surface area contributed by atoms with E-state index in [0.717, 1.165) is 23.4 Å². The highest BCUT2D eigenvalue weighted by Crippen LogP contribution is 2.17. The molecule has 1 fully saturated rings. The number of imidazole rings is 1. The maximum Gasteiger partial charge on any atom is 0.272 e. The second-order valence-electron chi connectivity index (χ2n) is 7.78. The molecule has 2 heterocycles. The summed E-state index contributed by atoms with van der Waals surface area (Å²) in [6.07, 6.45) is 2.54. The van der Waals surface area contributed by atoms with E-state index in [2.05, 4.69) is 22.1 Å². The normalized spacial score (nSPS) is 14.3. The molecule has 0 spiro atoms. The maximum absolute atomic E-state index is 13.2. The molecular formula is C24H27N5O2S. The molecule has 2 amide bonds. The van der Waals surface area contributed by atoms with E-state index in [1.165, 1.54) is 0 Å². The summed E-state index contributed by atoms with van der Waals surface area (Å²) in [5, 5.41) is 3.02. The second-order valence-corrected chi connectivity index (χ2v) is 8.16. The number of benzene rings is 2. The second kappa shape index (κ2) is 9.93. The molecule has 0 aliphatic carbocycles. The van der Waals surface area contributed by atoms with Crippen LogP contribution < -0.4 is 5.32 Å². The predicted molar refractivity (Wildman–Crippen MR) is 128 cm³/mol. The van der Waals surface area contributed by atoms with Crippen LogP contribution in [0, 0.1) is 4.77 Å². The zero-order valence-corrected chi connectivity index (χ0v) is 18.9. The summed E-state index contributed by atoms with van der Waals surface area (Å²) >= 11 is 5.40. The third kappa shape index (κ3) is 4.81. The number of hydrogen-bond donors (Lipinski definition) is 2. The lowest BCUT2D eigenvalue weighted by atomic mass is 10.1. The average molecular weight is 450 g/mol. The number of aromatic amines is 1. The van der Waals surface area contributed by atoms with E-state index < -0.39 is 0 Å². The van der Waals surface area contributed by atoms with Gasteiger partial charge in [0.1, 0.15) is 5.69 Å². The van der Waals surface area contributed by atoms with E-state index in [1.54, 1.807) is 10.8 Å². The van der Waals surface area contributed by atoms with Crippen LogP contribution in [0.4, 0.5) is 5.69 Å². The fraction of sp³-hybridized carbons (Fsp3) is 0.292. The Labute approximate surface area is 192 Å². The Morgan fingerprint density at radius 2 is 1.69 bits per heavy atom. The van der Waals surface area contributed by atoms with Crippen LogP contribution in [0.25, 0.3) is 5.69 Å². The highest BCUT2D eigenvalue weighted by atomic mass is 32.1. The van der Waals surface area contributed by atoms with Gasteiger partial charge in [0.2, 0.25) is 5.91 Å². The molecule has 4 rings (SSSR count). The van der Waals surface area contributed by atoms with Crippen molar-refractivity contribution in [2.45, 2.75) is 13.3 Å². The van der Waals surface area contributed by atoms with Crippen LogP contribution in [0.15, 0.2) is 60.8 Å². The Kier molecular flexibility index (Phi) is 6.82. The molecule has 2 aromatic carbocycles. The zero-order chi connectivity index (χ0) is 22.5. The average Bonchev–Trinajstić information content (AvgIpc) is 3.21. The topological polar surface area (TPSA) is 73.4 Å². The fourth-order valence-corrected chi connectivity index (χ4v) is 4.24. The van der Waals surface area contributed by atoms with Crippen LogP contribution in [0.5, 0.6) is 0 Å². The number of H-pyrrole nitrogens is 1. The van der Waals surface area contributed by atoms with Gasteiger partial charge in [-0.05, 0) is 42.4 Å². The first-order valence-electron chi connectivity index (χ1n) is 10.8. The minimum atomic E-state index is -0.0674. The molecule has 1 saturated heterocycles. The molecule has 3 aromatic rings. The summed E-state index contributed by atoms with van der Waals surface area (Å²) in [4.78, 5) is 32.6. The van der Waals surface area contributed by atoms with Gasteiger partial charge in [-0.3, -0.25) is 19.1 Å². The number of para-hydroxylation sites is 2. The number of amides is 2. The van der Waals surface area contributed by atoms with Gasteiger partial charge in [0.05, 0.1) is 6.54 Å². The Morgan fingerprint density at radius 1 is 1.00 bits per heavy atom. The van der Waals surface area contributed by atoms with Gasteiger partial charge in [-0.2, -0.15) is 0 Å². The molecular weight excluding hydrogens is 422 g/mol. The van der Waals surface area contributed by atoms with Gasteiger partial charge in [-0.1, -0.05) is 43.3 Å². The van der Waals surface area contributed by atoms with E-state index >= 15 is 0 Å². The van der Waals surface area contributed by atoms with Crippen LogP contribution in [0.3, 0.4) is 0 Å². The number of anilines is 1. The molecule has 166 valence electrons. The summed E-state index contributed by atoms with van der Waals surface area (Å²) in [6.45, 7) is 4.79. The number of carbonyl (C=O) groups excluding carboxylic acids is 2. The largest absolute Gasteiger partial charge is 0.336 e. The first kappa shape index (κ1) is 22.0. The molecule has 0 unspecified atom stereocenters. The molecule has 32 heavy (non-hydrogen) atoms. The number of carbonyl (C=O) groups is 2. The lowest BCUT2D eigenvalue weighted by Crippen LogP contribution is -2.50. The highest BCUT2D eigenvalue weighted by molar-refractivity contribution is 7.71. The number of hydrogen-bond acceptors (Lipinski definition) is 4. The Hall–Kier alpha value is -3.23. The minimum Gasteiger partial charge on any atom is -0.336 e. The van der Waals surface area contributed by atoms with Crippen molar-refractivity contribution >= 4 is 29.7 Å². The van der Waals surface area contributed by atoms with Gasteiger partial charge in [0.25, 0.3) is 5.91 Å². The summed E-state index contributed by atoms with van der Waals surface area (Å²) in [5.41, 5.74) is 3.36. The number of rotatable bonds is 6. The molecule has 1 aliphatic rings. The Balaban J connectivity index is 1.36. The highest BCUT2D eigenvalue weighted by Gasteiger charge is 2.26. The van der Waals surface area contributed by atoms with Gasteiger partial charge in [-0.25, -0.2) is 0 Å². The summed E-state index contributed by atoms with van der Waals surface area (Å²) in [5.74, 6) is -0.101. The van der Waals surface area contributed by atoms with Crippen molar-refractivity contribution in [1.29, 1.82) is 0 Å². The van der Waals surface area contributed by atoms with Gasteiger partial charge >= 0.3 is 0 Å². The molecule has 0 atom stereocenters. The van der Waals surface area contributed by atoms with Crippen molar-refractivity contribution in [2.75, 3.05) is 38.0 Å². The van der Waals surface area contributed by atoms with E-state index in [4.69, 9.17) is 12.2 Å². The summed E-state index contributed by atoms with van der Waals surface area (Å²) < 4.78 is 2.25. The van der Waals surface area contributed by atoms with Crippen LogP contribution in [-0.4, -0.2) is 63.9 Å². The van der Waals surface area contributed by atoms with E-state index in [9.17, 15) is 9.59 Å². The lowest BCUT2D eigenvalue weighted by molar-refractivity contribution is -0.117. The predicted octanol–water partition coefficient (Wildman–Crippen LogP) is 3.49. The van der Waals surface area contributed by atoms with Crippen molar-refractivity contribution in [2.24, 2.45) is 0 Å². The van der Waals surface area contributed by atoms with Gasteiger partial charge in [-0.15, -0.1) is 0 Å². The lowest BCUT2D eigenvalue weighted by Gasteiger charge is -2.34. The minimum absolute atomic E-state index is 0.0334. The van der Waals surface area contributed by atoms with E-state index in [1.807, 2.05) is 59.5 Å². The van der Waals surface area contributed by atoms with Gasteiger partial charge in [0.15, 0.2) is 4.77 Å².